The molecule has 0 fully saturated rings. The molecule has 1 heterocycles. The highest BCUT2D eigenvalue weighted by Crippen LogP contribution is 2.21. The normalized spacial score (nSPS) is 14.3. The fourth-order valence-electron chi connectivity index (χ4n) is 0.934. The number of H-pyrrole nitrogens is 1. The van der Waals surface area contributed by atoms with Gasteiger partial charge >= 0.3 is 0 Å². The Labute approximate surface area is 74.5 Å². The average molecular weight is 207 g/mol. The van der Waals surface area contributed by atoms with E-state index in [-0.39, 0.29) is 18.7 Å². The molecule has 0 aromatic carbocycles. The van der Waals surface area contributed by atoms with Crippen LogP contribution in [0.5, 0.6) is 0 Å². The second kappa shape index (κ2) is 3.81. The zero-order valence-electron chi connectivity index (χ0n) is 6.58. The van der Waals surface area contributed by atoms with Crippen LogP contribution in [-0.2, 0) is 10.1 Å². The Morgan fingerprint density at radius 1 is 1.62 bits per heavy atom. The molecule has 7 nitrogen and oxygen atoms in total. The van der Waals surface area contributed by atoms with Gasteiger partial charge in [0.15, 0.2) is 0 Å². The van der Waals surface area contributed by atoms with Gasteiger partial charge in [-0.05, 0) is 6.42 Å². The van der Waals surface area contributed by atoms with Crippen LogP contribution in [0.4, 0.5) is 0 Å². The minimum absolute atomic E-state index is 0.0940. The second-order valence-electron chi connectivity index (χ2n) is 2.41. The lowest BCUT2D eigenvalue weighted by Gasteiger charge is -2.07. The molecule has 1 aromatic rings. The van der Waals surface area contributed by atoms with Gasteiger partial charge in [-0.15, -0.1) is 5.10 Å². The van der Waals surface area contributed by atoms with Gasteiger partial charge in [-0.1, -0.05) is 5.21 Å². The first-order valence-corrected chi connectivity index (χ1v) is 4.99. The maximum Gasteiger partial charge on any atom is 0.273 e. The number of nitrogens with one attached hydrogen (secondary N) is 1. The van der Waals surface area contributed by atoms with Crippen molar-refractivity contribution >= 4 is 10.1 Å². The lowest BCUT2D eigenvalue weighted by Crippen LogP contribution is -2.14. The van der Waals surface area contributed by atoms with Crippen molar-refractivity contribution in [2.45, 2.75) is 11.7 Å². The molecular formula is C5H9N3O4S. The summed E-state index contributed by atoms with van der Waals surface area (Å²) in [5.74, 6) is 0. The number of aromatic nitrogens is 3. The summed E-state index contributed by atoms with van der Waals surface area (Å²) < 4.78 is 30.3. The van der Waals surface area contributed by atoms with Gasteiger partial charge in [0.2, 0.25) is 0 Å². The Kier molecular flexibility index (Phi) is 2.96. The summed E-state index contributed by atoms with van der Waals surface area (Å²) in [7, 11) is -4.23. The quantitative estimate of drug-likeness (QED) is 0.552. The number of hydrogen-bond acceptors (Lipinski definition) is 5. The summed E-state index contributed by atoms with van der Waals surface area (Å²) >= 11 is 0. The van der Waals surface area contributed by atoms with E-state index in [9.17, 15) is 8.42 Å². The maximum absolute atomic E-state index is 10.8. The number of nitrogens with zero attached hydrogens (tertiary/aromatic N) is 2. The minimum atomic E-state index is -4.23. The van der Waals surface area contributed by atoms with Gasteiger partial charge < -0.3 is 5.11 Å². The van der Waals surface area contributed by atoms with Crippen molar-refractivity contribution in [3.63, 3.8) is 0 Å². The Bertz CT molecular complexity index is 346. The molecule has 0 aliphatic carbocycles. The summed E-state index contributed by atoms with van der Waals surface area (Å²) in [5.41, 5.74) is 0.0940. The second-order valence-corrected chi connectivity index (χ2v) is 4.01. The third-order valence-corrected chi connectivity index (χ3v) is 2.71. The molecular weight excluding hydrogens is 198 g/mol. The highest BCUT2D eigenvalue weighted by atomic mass is 32.2. The summed E-state index contributed by atoms with van der Waals surface area (Å²) in [6, 6.07) is 0. The van der Waals surface area contributed by atoms with Gasteiger partial charge in [-0.3, -0.25) is 9.65 Å². The van der Waals surface area contributed by atoms with Crippen molar-refractivity contribution in [2.75, 3.05) is 6.61 Å². The molecule has 0 saturated heterocycles. The van der Waals surface area contributed by atoms with Crippen LogP contribution in [0, 0.1) is 0 Å². The topological polar surface area (TPSA) is 116 Å². The molecule has 74 valence electrons. The molecule has 1 rings (SSSR count). The number of hydrogen-bond donors (Lipinski definition) is 3. The molecule has 0 amide bonds. The van der Waals surface area contributed by atoms with E-state index in [4.69, 9.17) is 9.66 Å². The van der Waals surface area contributed by atoms with Crippen LogP contribution in [-0.4, -0.2) is 40.1 Å². The summed E-state index contributed by atoms with van der Waals surface area (Å²) in [5, 5.41) is 16.4. The first-order chi connectivity index (χ1) is 6.05. The lowest BCUT2D eigenvalue weighted by molar-refractivity contribution is 0.282. The molecule has 0 radical (unpaired) electrons. The summed E-state index contributed by atoms with van der Waals surface area (Å²) in [4.78, 5) is 0. The van der Waals surface area contributed by atoms with Gasteiger partial charge in [0.1, 0.15) is 10.9 Å². The van der Waals surface area contributed by atoms with E-state index < -0.39 is 15.4 Å². The maximum atomic E-state index is 10.8. The molecule has 0 bridgehead atoms. The van der Waals surface area contributed by atoms with Gasteiger partial charge in [-0.2, -0.15) is 8.42 Å². The van der Waals surface area contributed by atoms with Crippen molar-refractivity contribution in [1.29, 1.82) is 0 Å². The van der Waals surface area contributed by atoms with E-state index in [0.717, 1.165) is 0 Å². The Balaban J connectivity index is 2.94. The van der Waals surface area contributed by atoms with Crippen molar-refractivity contribution in [3.8, 4) is 0 Å². The fraction of sp³-hybridized carbons (Fsp3) is 0.600. The predicted molar refractivity (Wildman–Crippen MR) is 42.4 cm³/mol. The van der Waals surface area contributed by atoms with E-state index in [1.54, 1.807) is 0 Å². The van der Waals surface area contributed by atoms with Gasteiger partial charge in [0.05, 0.1) is 0 Å². The van der Waals surface area contributed by atoms with Crippen LogP contribution in [0.2, 0.25) is 0 Å². The van der Waals surface area contributed by atoms with Crippen molar-refractivity contribution in [3.05, 3.63) is 11.9 Å². The summed E-state index contributed by atoms with van der Waals surface area (Å²) in [6.45, 7) is -0.350. The van der Waals surface area contributed by atoms with Crippen molar-refractivity contribution in [2.24, 2.45) is 0 Å². The average Bonchev–Trinajstić information content (AvgIpc) is 2.49. The highest BCUT2D eigenvalue weighted by molar-refractivity contribution is 7.86. The minimum Gasteiger partial charge on any atom is -0.396 e. The Hall–Kier alpha value is -0.990. The van der Waals surface area contributed by atoms with Crippen LogP contribution < -0.4 is 0 Å². The van der Waals surface area contributed by atoms with Crippen LogP contribution in [0.1, 0.15) is 17.4 Å². The predicted octanol–water partition coefficient (Wildman–Crippen LogP) is -0.884. The lowest BCUT2D eigenvalue weighted by atomic mass is 10.2. The first kappa shape index (κ1) is 10.1. The molecule has 3 N–H and O–H groups in total. The number of aliphatic hydroxyl groups is 1. The molecule has 1 unspecified atom stereocenters. The van der Waals surface area contributed by atoms with Crippen LogP contribution in [0.3, 0.4) is 0 Å². The van der Waals surface area contributed by atoms with E-state index in [1.807, 2.05) is 0 Å². The van der Waals surface area contributed by atoms with Gasteiger partial charge in [-0.25, -0.2) is 0 Å². The first-order valence-electron chi connectivity index (χ1n) is 3.49. The molecule has 1 atom stereocenters. The Morgan fingerprint density at radius 3 is 2.69 bits per heavy atom. The zero-order chi connectivity index (χ0) is 9.90. The molecule has 0 aliphatic heterocycles. The number of aliphatic hydroxyl groups excluding tert-OH is 1. The summed E-state index contributed by atoms with van der Waals surface area (Å²) in [6.07, 6.45) is 1.15. The van der Waals surface area contributed by atoms with Crippen LogP contribution >= 0.6 is 0 Å². The van der Waals surface area contributed by atoms with E-state index in [0.29, 0.717) is 0 Å². The number of rotatable bonds is 4. The van der Waals surface area contributed by atoms with Crippen LogP contribution in [0.25, 0.3) is 0 Å². The van der Waals surface area contributed by atoms with Crippen molar-refractivity contribution < 1.29 is 18.1 Å². The third kappa shape index (κ3) is 2.47. The van der Waals surface area contributed by atoms with Crippen LogP contribution in [0.15, 0.2) is 6.20 Å². The molecule has 0 spiro atoms. The zero-order valence-corrected chi connectivity index (χ0v) is 7.40. The monoisotopic (exact) mass is 207 g/mol. The Morgan fingerprint density at radius 2 is 2.31 bits per heavy atom. The molecule has 1 aromatic heterocycles. The molecule has 0 saturated carbocycles. The highest BCUT2D eigenvalue weighted by Gasteiger charge is 2.26. The van der Waals surface area contributed by atoms with E-state index in [1.165, 1.54) is 6.20 Å². The third-order valence-electron chi connectivity index (χ3n) is 1.52. The van der Waals surface area contributed by atoms with Gasteiger partial charge in [0.25, 0.3) is 10.1 Å². The number of aromatic amines is 1. The fourth-order valence-corrected chi connectivity index (χ4v) is 1.76. The van der Waals surface area contributed by atoms with E-state index in [2.05, 4.69) is 15.4 Å². The smallest absolute Gasteiger partial charge is 0.273 e. The SMILES string of the molecule is O=S(=O)(O)C(CCO)c1c[nH]nn1. The molecule has 8 heteroatoms. The standard InChI is InChI=1S/C5H9N3O4S/c9-2-1-5(13(10,11)12)4-3-6-8-7-4/h3,5,9H,1-2H2,(H,6,7,8)(H,10,11,12). The molecule has 0 aliphatic rings. The van der Waals surface area contributed by atoms with Gasteiger partial charge in [0, 0.05) is 12.8 Å². The largest absolute Gasteiger partial charge is 0.396 e. The van der Waals surface area contributed by atoms with Crippen molar-refractivity contribution in [1.82, 2.24) is 15.4 Å². The van der Waals surface area contributed by atoms with E-state index >= 15 is 0 Å². The molecule has 13 heavy (non-hydrogen) atoms.